The first kappa shape index (κ1) is 49.1. The van der Waals surface area contributed by atoms with Crippen LogP contribution >= 0.6 is 0 Å². The van der Waals surface area contributed by atoms with Crippen molar-refractivity contribution in [1.82, 2.24) is 0 Å². The van der Waals surface area contributed by atoms with E-state index in [0.29, 0.717) is 43.1 Å². The van der Waals surface area contributed by atoms with Crippen LogP contribution in [0.2, 0.25) is 0 Å². The van der Waals surface area contributed by atoms with E-state index < -0.39 is 68.5 Å². The Balaban J connectivity index is 0.000000160. The Bertz CT molecular complexity index is 2490. The van der Waals surface area contributed by atoms with Gasteiger partial charge in [-0.05, 0) is 165 Å². The predicted molar refractivity (Wildman–Crippen MR) is 258 cm³/mol. The fourth-order valence-electron chi connectivity index (χ4n) is 19.9. The van der Waals surface area contributed by atoms with Gasteiger partial charge in [0.05, 0.1) is 41.7 Å². The fraction of sp³-hybridized carbons (Fsp3) is 0.759. The van der Waals surface area contributed by atoms with Gasteiger partial charge in [-0.15, -0.1) is 0 Å². The van der Waals surface area contributed by atoms with Crippen molar-refractivity contribution in [2.24, 2.45) is 77.8 Å². The summed E-state index contributed by atoms with van der Waals surface area (Å²) in [5, 5.41) is 44.6. The minimum atomic E-state index is -1.17. The van der Waals surface area contributed by atoms with Crippen LogP contribution in [0.4, 0.5) is 0 Å². The van der Waals surface area contributed by atoms with Crippen LogP contribution in [0.1, 0.15) is 172 Å². The number of aliphatic carboxylic acids is 1. The molecule has 6 saturated carbocycles. The van der Waals surface area contributed by atoms with Gasteiger partial charge in [0.1, 0.15) is 17.1 Å². The van der Waals surface area contributed by atoms with Gasteiger partial charge in [-0.25, -0.2) is 0 Å². The maximum Gasteiger partial charge on any atom is 0.312 e. The smallest absolute Gasteiger partial charge is 0.312 e. The molecule has 1 aliphatic heterocycles. The van der Waals surface area contributed by atoms with Crippen molar-refractivity contribution in [2.45, 2.75) is 197 Å². The molecule has 17 unspecified atom stereocenters. The normalized spacial score (nSPS) is 50.2. The third-order valence-electron chi connectivity index (χ3n) is 23.4. The van der Waals surface area contributed by atoms with E-state index in [1.165, 1.54) is 12.5 Å². The van der Waals surface area contributed by atoms with E-state index in [9.17, 15) is 39.6 Å². The van der Waals surface area contributed by atoms with Crippen molar-refractivity contribution < 1.29 is 53.5 Å². The summed E-state index contributed by atoms with van der Waals surface area (Å²) in [7, 11) is 0. The number of rotatable bonds is 3. The largest absolute Gasteiger partial charge is 0.504 e. The Labute approximate surface area is 409 Å². The topological polar surface area (TPSA) is 184 Å². The first-order chi connectivity index (χ1) is 31.8. The maximum atomic E-state index is 14.3. The quantitative estimate of drug-likeness (QED) is 0.128. The van der Waals surface area contributed by atoms with Crippen molar-refractivity contribution >= 4 is 23.5 Å². The van der Waals surface area contributed by atoms with E-state index in [-0.39, 0.29) is 62.7 Å². The Kier molecular flexibility index (Phi) is 10.4. The lowest BCUT2D eigenvalue weighted by molar-refractivity contribution is -0.218. The number of carbonyl (C=O) groups is 4. The molecule has 2 heterocycles. The summed E-state index contributed by atoms with van der Waals surface area (Å²) in [6, 6.07) is 1.95. The van der Waals surface area contributed by atoms with Crippen LogP contribution < -0.4 is 0 Å². The summed E-state index contributed by atoms with van der Waals surface area (Å²) in [5.41, 5.74) is -2.76. The number of carboxylic acids is 1. The first-order valence-corrected chi connectivity index (χ1v) is 26.2. The second-order valence-electron chi connectivity index (χ2n) is 27.5. The average Bonchev–Trinajstić information content (AvgIpc) is 3.60. The minimum Gasteiger partial charge on any atom is -0.504 e. The number of esters is 1. The molecule has 11 heteroatoms. The molecule has 0 bridgehead atoms. The van der Waals surface area contributed by atoms with E-state index in [2.05, 4.69) is 61.5 Å². The lowest BCUT2D eigenvalue weighted by Gasteiger charge is -2.71. The van der Waals surface area contributed by atoms with Gasteiger partial charge in [-0.1, -0.05) is 80.0 Å². The summed E-state index contributed by atoms with van der Waals surface area (Å²) in [6.45, 7) is 27.2. The van der Waals surface area contributed by atoms with Gasteiger partial charge in [-0.2, -0.15) is 0 Å². The zero-order valence-electron chi connectivity index (χ0n) is 43.6. The molecule has 7 fully saturated rings. The number of hydrogen-bond donors (Lipinski definition) is 4. The van der Waals surface area contributed by atoms with Crippen LogP contribution in [0.5, 0.6) is 0 Å². The van der Waals surface area contributed by atoms with Gasteiger partial charge >= 0.3 is 11.9 Å². The highest BCUT2D eigenvalue weighted by molar-refractivity contribution is 6.06. The number of furan rings is 1. The summed E-state index contributed by atoms with van der Waals surface area (Å²) in [4.78, 5) is 52.4. The van der Waals surface area contributed by atoms with Crippen LogP contribution in [-0.2, 0) is 28.7 Å². The van der Waals surface area contributed by atoms with Gasteiger partial charge < -0.3 is 34.3 Å². The van der Waals surface area contributed by atoms with Gasteiger partial charge in [0.25, 0.3) is 0 Å². The number of carbonyl (C=O) groups excluding carboxylic acids is 3. The number of aliphatic hydroxyl groups excluding tert-OH is 3. The Hall–Kier alpha value is -3.54. The van der Waals surface area contributed by atoms with Crippen LogP contribution in [-0.4, -0.2) is 73.9 Å². The van der Waals surface area contributed by atoms with Gasteiger partial charge in [-0.3, -0.25) is 19.2 Å². The predicted octanol–water partition coefficient (Wildman–Crippen LogP) is 10.6. The highest BCUT2D eigenvalue weighted by Crippen LogP contribution is 2.82. The zero-order chi connectivity index (χ0) is 50.5. The molecule has 1 aromatic rings. The number of allylic oxidation sites excluding steroid dienone is 6. The fourth-order valence-corrected chi connectivity index (χ4v) is 19.9. The van der Waals surface area contributed by atoms with Crippen molar-refractivity contribution in [1.29, 1.82) is 0 Å². The van der Waals surface area contributed by atoms with Crippen molar-refractivity contribution in [3.05, 3.63) is 59.3 Å². The maximum absolute atomic E-state index is 14.3. The Morgan fingerprint density at radius 2 is 1.51 bits per heavy atom. The lowest BCUT2D eigenvalue weighted by atomic mass is 9.33. The molecule has 378 valence electrons. The summed E-state index contributed by atoms with van der Waals surface area (Å²) in [5.74, 6) is -1.75. The molecule has 1 spiro atoms. The molecule has 9 aliphatic carbocycles. The summed E-state index contributed by atoms with van der Waals surface area (Å²) >= 11 is 0. The molecule has 0 radical (unpaired) electrons. The zero-order valence-corrected chi connectivity index (χ0v) is 43.6. The Morgan fingerprint density at radius 3 is 2.14 bits per heavy atom. The molecule has 17 atom stereocenters. The molecule has 4 N–H and O–H groups in total. The lowest BCUT2D eigenvalue weighted by Crippen LogP contribution is -2.70. The molecule has 11 nitrogen and oxygen atoms in total. The minimum absolute atomic E-state index is 0.0218. The van der Waals surface area contributed by atoms with Crippen LogP contribution in [0.25, 0.3) is 0 Å². The van der Waals surface area contributed by atoms with Crippen LogP contribution in [0, 0.1) is 77.8 Å². The molecule has 1 saturated heterocycles. The highest BCUT2D eigenvalue weighted by Gasteiger charge is 2.89. The molecule has 11 rings (SSSR count). The summed E-state index contributed by atoms with van der Waals surface area (Å²) < 4.78 is 17.9. The summed E-state index contributed by atoms with van der Waals surface area (Å²) in [6.07, 6.45) is 16.5. The van der Waals surface area contributed by atoms with Crippen LogP contribution in [0.15, 0.2) is 58.1 Å². The van der Waals surface area contributed by atoms with E-state index in [1.807, 2.05) is 19.9 Å². The SMILES string of the molecule is CC(=O)OC1CC2(C)C(c3ccoc3)CC3OC32C2(C)C(=O)C(O)=C3C(C)(C)C(=O)C=CC3(C)C12.CC1(C)CCC2(C(=O)O)C(O)CC3(C)C(=CCC4C5(C)CCC(O)C(C)(C)C5CCC43C)C2C1. The van der Waals surface area contributed by atoms with Gasteiger partial charge in [0.2, 0.25) is 5.78 Å². The average molecular weight is 953 g/mol. The van der Waals surface area contributed by atoms with Crippen molar-refractivity contribution in [2.75, 3.05) is 0 Å². The molecular weight excluding hydrogens is 873 g/mol. The van der Waals surface area contributed by atoms with E-state index in [4.69, 9.17) is 13.9 Å². The van der Waals surface area contributed by atoms with E-state index >= 15 is 0 Å². The van der Waals surface area contributed by atoms with Gasteiger partial charge in [0.15, 0.2) is 11.5 Å². The molecule has 1 aromatic heterocycles. The number of carboxylic acid groups (broad SMARTS) is 1. The molecular formula is C58H80O11. The number of ketones is 2. The Morgan fingerprint density at radius 1 is 0.812 bits per heavy atom. The van der Waals surface area contributed by atoms with Crippen molar-refractivity contribution in [3.8, 4) is 0 Å². The number of aliphatic hydroxyl groups is 3. The standard InChI is InChI=1S/C30H48O4.C28H32O7/c1-25(2)14-15-30(24(33)34)19(16-25)18-8-9-21-27(5)12-11-22(31)26(3,4)20(27)10-13-28(21,6)29(18,7)17-23(30)32;1-14(29)34-17-12-26(5)16(15-8-10-33-13-15)11-19-28(26,35-19)27(6)21(17)25(4)9-7-18(30)24(2,3)22(25)20(31)23(27)32/h8,19-23,31-32H,9-17H2,1-7H3,(H,33,34);7-10,13,16-17,19,21,31H,11-12H2,1-6H3. The number of epoxide rings is 1. The van der Waals surface area contributed by atoms with Crippen molar-refractivity contribution in [3.63, 3.8) is 0 Å². The number of Topliss-reactive ketones (excluding diaryl/α,β-unsaturated/α-hetero) is 1. The monoisotopic (exact) mass is 953 g/mol. The second-order valence-corrected chi connectivity index (χ2v) is 27.5. The van der Waals surface area contributed by atoms with E-state index in [0.717, 1.165) is 50.5 Å². The molecule has 0 aromatic carbocycles. The van der Waals surface area contributed by atoms with Gasteiger partial charge in [0, 0.05) is 23.7 Å². The number of ether oxygens (including phenoxy) is 2. The number of fused-ring (bicyclic) bond motifs is 10. The molecule has 0 amide bonds. The van der Waals surface area contributed by atoms with E-state index in [1.54, 1.807) is 38.5 Å². The number of hydrogen-bond acceptors (Lipinski definition) is 10. The highest BCUT2D eigenvalue weighted by atomic mass is 16.6. The third kappa shape index (κ3) is 5.79. The van der Waals surface area contributed by atoms with Crippen LogP contribution in [0.3, 0.4) is 0 Å². The first-order valence-electron chi connectivity index (χ1n) is 26.2. The molecule has 10 aliphatic rings. The molecule has 69 heavy (non-hydrogen) atoms. The second kappa shape index (κ2) is 14.6. The third-order valence-corrected chi connectivity index (χ3v) is 23.4.